The summed E-state index contributed by atoms with van der Waals surface area (Å²) in [6.07, 6.45) is 1.40. The summed E-state index contributed by atoms with van der Waals surface area (Å²) in [5, 5.41) is 12.6. The summed E-state index contributed by atoms with van der Waals surface area (Å²) in [4.78, 5) is 29.1. The second kappa shape index (κ2) is 9.56. The van der Waals surface area contributed by atoms with E-state index < -0.39 is 0 Å². The predicted molar refractivity (Wildman–Crippen MR) is 114 cm³/mol. The number of nitrogens with one attached hydrogen (secondary N) is 1. The van der Waals surface area contributed by atoms with E-state index in [0.29, 0.717) is 38.2 Å². The number of phenols is 1. The molecule has 1 heterocycles. The largest absolute Gasteiger partial charge is 0.506 e. The highest BCUT2D eigenvalue weighted by Crippen LogP contribution is 2.25. The van der Waals surface area contributed by atoms with E-state index in [1.165, 1.54) is 0 Å². The third-order valence-electron chi connectivity index (χ3n) is 5.74. The average molecular weight is 396 g/mol. The first-order chi connectivity index (χ1) is 14.0. The van der Waals surface area contributed by atoms with Crippen molar-refractivity contribution in [3.63, 3.8) is 0 Å². The number of hydrogen-bond donors (Lipinski definition) is 2. The van der Waals surface area contributed by atoms with Gasteiger partial charge < -0.3 is 15.3 Å². The second-order valence-corrected chi connectivity index (χ2v) is 7.65. The number of likely N-dealkylation sites (tertiary alicyclic amines) is 1. The first kappa shape index (κ1) is 20.9. The van der Waals surface area contributed by atoms with Gasteiger partial charge in [0.15, 0.2) is 0 Å². The van der Waals surface area contributed by atoms with Crippen LogP contribution in [-0.4, -0.2) is 53.4 Å². The van der Waals surface area contributed by atoms with Crippen LogP contribution in [0.15, 0.2) is 54.6 Å². The van der Waals surface area contributed by atoms with Crippen LogP contribution in [0.25, 0.3) is 0 Å². The van der Waals surface area contributed by atoms with Crippen molar-refractivity contribution in [1.82, 2.24) is 9.80 Å². The molecule has 29 heavy (non-hydrogen) atoms. The summed E-state index contributed by atoms with van der Waals surface area (Å²) >= 11 is 0. The third-order valence-corrected chi connectivity index (χ3v) is 5.74. The first-order valence-electron chi connectivity index (χ1n) is 10.1. The fraction of sp³-hybridized carbons (Fsp3) is 0.391. The molecule has 1 atom stereocenters. The van der Waals surface area contributed by atoms with Gasteiger partial charge in [0, 0.05) is 13.0 Å². The number of anilines is 1. The number of hydrogen-bond acceptors (Lipinski definition) is 4. The van der Waals surface area contributed by atoms with Gasteiger partial charge in [0.2, 0.25) is 11.8 Å². The minimum Gasteiger partial charge on any atom is -0.506 e. The van der Waals surface area contributed by atoms with E-state index in [1.54, 1.807) is 29.2 Å². The lowest BCUT2D eigenvalue weighted by Gasteiger charge is -2.33. The minimum atomic E-state index is -0.109. The molecule has 2 N–H and O–H groups in total. The van der Waals surface area contributed by atoms with Gasteiger partial charge in [0.25, 0.3) is 0 Å². The molecule has 6 nitrogen and oxygen atoms in total. The third kappa shape index (κ3) is 5.35. The maximum atomic E-state index is 12.7. The fourth-order valence-corrected chi connectivity index (χ4v) is 3.64. The van der Waals surface area contributed by atoms with Crippen molar-refractivity contribution in [2.45, 2.75) is 25.8 Å². The number of likely N-dealkylation sites (N-methyl/N-ethyl adjacent to an activating group) is 1. The van der Waals surface area contributed by atoms with Gasteiger partial charge in [0.1, 0.15) is 5.75 Å². The quantitative estimate of drug-likeness (QED) is 0.737. The molecule has 0 spiro atoms. The van der Waals surface area contributed by atoms with E-state index in [1.807, 2.05) is 44.3 Å². The standard InChI is InChI=1S/C23H29N3O3/c1-17(18-8-4-3-5-9-18)25(2)22(28)16-26-14-12-19(13-15-26)23(29)24-20-10-6-7-11-21(20)27/h3-11,17,19,27H,12-16H2,1-2H3,(H,24,29)/t17-/m1/s1. The van der Waals surface area contributed by atoms with Crippen LogP contribution < -0.4 is 5.32 Å². The molecule has 1 fully saturated rings. The van der Waals surface area contributed by atoms with Gasteiger partial charge in [-0.25, -0.2) is 0 Å². The number of phenolic OH excluding ortho intramolecular Hbond substituents is 1. The van der Waals surface area contributed by atoms with E-state index in [4.69, 9.17) is 0 Å². The van der Waals surface area contributed by atoms with Crippen LogP contribution in [0.1, 0.15) is 31.4 Å². The fourth-order valence-electron chi connectivity index (χ4n) is 3.64. The monoisotopic (exact) mass is 395 g/mol. The molecule has 0 unspecified atom stereocenters. The van der Waals surface area contributed by atoms with Gasteiger partial charge in [-0.3, -0.25) is 14.5 Å². The van der Waals surface area contributed by atoms with Crippen molar-refractivity contribution in [2.75, 3.05) is 32.0 Å². The van der Waals surface area contributed by atoms with Crippen LogP contribution in [0.5, 0.6) is 5.75 Å². The molecular weight excluding hydrogens is 366 g/mol. The van der Waals surface area contributed by atoms with E-state index in [-0.39, 0.29) is 29.5 Å². The maximum Gasteiger partial charge on any atom is 0.236 e. The molecule has 2 aromatic carbocycles. The lowest BCUT2D eigenvalue weighted by Crippen LogP contribution is -2.44. The summed E-state index contributed by atoms with van der Waals surface area (Å²) in [6.45, 7) is 3.81. The molecule has 0 aliphatic carbocycles. The predicted octanol–water partition coefficient (Wildman–Crippen LogP) is 3.26. The van der Waals surface area contributed by atoms with Crippen LogP contribution in [0.4, 0.5) is 5.69 Å². The van der Waals surface area contributed by atoms with Crippen LogP contribution in [0, 0.1) is 5.92 Å². The molecule has 1 saturated heterocycles. The molecule has 1 aliphatic rings. The average Bonchev–Trinajstić information content (AvgIpc) is 2.75. The molecule has 154 valence electrons. The van der Waals surface area contributed by atoms with Crippen LogP contribution in [-0.2, 0) is 9.59 Å². The highest BCUT2D eigenvalue weighted by molar-refractivity contribution is 5.93. The lowest BCUT2D eigenvalue weighted by atomic mass is 9.95. The van der Waals surface area contributed by atoms with Crippen molar-refractivity contribution in [2.24, 2.45) is 5.92 Å². The summed E-state index contributed by atoms with van der Waals surface area (Å²) in [5.41, 5.74) is 1.55. The number of rotatable bonds is 6. The van der Waals surface area contributed by atoms with E-state index in [9.17, 15) is 14.7 Å². The molecular formula is C23H29N3O3. The van der Waals surface area contributed by atoms with Crippen molar-refractivity contribution in [3.8, 4) is 5.75 Å². The summed E-state index contributed by atoms with van der Waals surface area (Å²) < 4.78 is 0. The number of carbonyl (C=O) groups excluding carboxylic acids is 2. The minimum absolute atomic E-state index is 0.0190. The molecule has 6 heteroatoms. The van der Waals surface area contributed by atoms with Gasteiger partial charge in [-0.2, -0.15) is 0 Å². The Morgan fingerprint density at radius 3 is 2.38 bits per heavy atom. The molecule has 3 rings (SSSR count). The van der Waals surface area contributed by atoms with Crippen molar-refractivity contribution < 1.29 is 14.7 Å². The molecule has 1 aliphatic heterocycles. The first-order valence-corrected chi connectivity index (χ1v) is 10.1. The second-order valence-electron chi connectivity index (χ2n) is 7.65. The van der Waals surface area contributed by atoms with Crippen LogP contribution >= 0.6 is 0 Å². The molecule has 2 aromatic rings. The van der Waals surface area contributed by atoms with Gasteiger partial charge in [-0.05, 0) is 50.6 Å². The maximum absolute atomic E-state index is 12.7. The van der Waals surface area contributed by atoms with Gasteiger partial charge in [-0.1, -0.05) is 42.5 Å². The number of carbonyl (C=O) groups is 2. The van der Waals surface area contributed by atoms with E-state index in [2.05, 4.69) is 10.2 Å². The summed E-state index contributed by atoms with van der Waals surface area (Å²) in [5.74, 6) is -0.0351. The lowest BCUT2D eigenvalue weighted by molar-refractivity contribution is -0.133. The zero-order valence-corrected chi connectivity index (χ0v) is 17.0. The Labute approximate surface area is 172 Å². The number of aromatic hydroxyl groups is 1. The Bertz CT molecular complexity index is 832. The van der Waals surface area contributed by atoms with E-state index in [0.717, 1.165) is 5.56 Å². The van der Waals surface area contributed by atoms with Crippen molar-refractivity contribution in [1.29, 1.82) is 0 Å². The van der Waals surface area contributed by atoms with Gasteiger partial charge in [-0.15, -0.1) is 0 Å². The SMILES string of the molecule is C[C@H](c1ccccc1)N(C)C(=O)CN1CCC(C(=O)Nc2ccccc2O)CC1. The Morgan fingerprint density at radius 2 is 1.72 bits per heavy atom. The zero-order chi connectivity index (χ0) is 20.8. The Balaban J connectivity index is 1.47. The van der Waals surface area contributed by atoms with Crippen LogP contribution in [0.3, 0.4) is 0 Å². The molecule has 2 amide bonds. The van der Waals surface area contributed by atoms with Crippen molar-refractivity contribution in [3.05, 3.63) is 60.2 Å². The summed E-state index contributed by atoms with van der Waals surface area (Å²) in [7, 11) is 1.84. The Morgan fingerprint density at radius 1 is 1.10 bits per heavy atom. The summed E-state index contributed by atoms with van der Waals surface area (Å²) in [6, 6.07) is 16.7. The normalized spacial score (nSPS) is 16.2. The zero-order valence-electron chi connectivity index (χ0n) is 17.0. The number of amides is 2. The molecule has 0 saturated carbocycles. The molecule has 0 radical (unpaired) electrons. The number of benzene rings is 2. The highest BCUT2D eigenvalue weighted by atomic mass is 16.3. The topological polar surface area (TPSA) is 72.9 Å². The Hall–Kier alpha value is -2.86. The van der Waals surface area contributed by atoms with Gasteiger partial charge in [0.05, 0.1) is 18.3 Å². The Kier molecular flexibility index (Phi) is 6.88. The number of nitrogens with zero attached hydrogens (tertiary/aromatic N) is 2. The number of piperidine rings is 1. The number of para-hydroxylation sites is 2. The van der Waals surface area contributed by atoms with Gasteiger partial charge >= 0.3 is 0 Å². The van der Waals surface area contributed by atoms with E-state index >= 15 is 0 Å². The molecule has 0 bridgehead atoms. The molecule has 0 aromatic heterocycles. The van der Waals surface area contributed by atoms with Crippen LogP contribution in [0.2, 0.25) is 0 Å². The smallest absolute Gasteiger partial charge is 0.236 e. The highest BCUT2D eigenvalue weighted by Gasteiger charge is 2.27. The van der Waals surface area contributed by atoms with Crippen molar-refractivity contribution >= 4 is 17.5 Å².